The Balaban J connectivity index is 0.000000489. The predicted octanol–water partition coefficient (Wildman–Crippen LogP) is 4.89. The number of nitrogens with zero attached hydrogens (tertiary/aromatic N) is 3. The Morgan fingerprint density at radius 3 is 2.53 bits per heavy atom. The van der Waals surface area contributed by atoms with Crippen LogP contribution < -0.4 is 4.74 Å². The number of ketones is 1. The summed E-state index contributed by atoms with van der Waals surface area (Å²) < 4.78 is 5.57. The van der Waals surface area contributed by atoms with Crippen molar-refractivity contribution in [3.05, 3.63) is 95.8 Å². The fourth-order valence-corrected chi connectivity index (χ4v) is 2.26. The van der Waals surface area contributed by atoms with Crippen LogP contribution in [0.15, 0.2) is 78.7 Å². The number of hydrogen-bond donors (Lipinski definition) is 1. The van der Waals surface area contributed by atoms with E-state index in [1.165, 1.54) is 19.9 Å². The Kier molecular flexibility index (Phi) is 11.9. The van der Waals surface area contributed by atoms with Gasteiger partial charge in [0, 0.05) is 44.8 Å². The molecule has 0 amide bonds. The van der Waals surface area contributed by atoms with E-state index in [1.54, 1.807) is 6.20 Å². The number of pyridine rings is 2. The van der Waals surface area contributed by atoms with Gasteiger partial charge in [-0.3, -0.25) is 14.8 Å². The summed E-state index contributed by atoms with van der Waals surface area (Å²) in [4.78, 5) is 18.7. The van der Waals surface area contributed by atoms with E-state index in [0.29, 0.717) is 12.4 Å². The van der Waals surface area contributed by atoms with Gasteiger partial charge in [-0.25, -0.2) is 0 Å². The maximum atomic E-state index is 10.0. The molecule has 1 aromatic carbocycles. The number of hydrogen-bond acceptors (Lipinski definition) is 5. The van der Waals surface area contributed by atoms with Gasteiger partial charge < -0.3 is 15.2 Å². The molecule has 0 spiro atoms. The smallest absolute Gasteiger partial charge is 0.202 e. The first-order valence-corrected chi connectivity index (χ1v) is 9.02. The van der Waals surface area contributed by atoms with Crippen molar-refractivity contribution in [1.29, 1.82) is 0 Å². The molecule has 1 N–H and O–H groups in total. The van der Waals surface area contributed by atoms with E-state index >= 15 is 0 Å². The molecular formula is C23H23IrN3O3-2. The largest absolute Gasteiger partial charge is 0.624 e. The maximum Gasteiger partial charge on any atom is 0.202 e. The van der Waals surface area contributed by atoms with Gasteiger partial charge in [0.2, 0.25) is 5.88 Å². The number of aliphatic hydroxyl groups is 1. The van der Waals surface area contributed by atoms with Crippen molar-refractivity contribution in [2.24, 2.45) is 0 Å². The first-order valence-electron chi connectivity index (χ1n) is 9.02. The molecular weight excluding hydrogens is 558 g/mol. The van der Waals surface area contributed by atoms with Crippen molar-refractivity contribution < 1.29 is 34.7 Å². The topological polar surface area (TPSA) is 86.4 Å². The first kappa shape index (κ1) is 25.2. The van der Waals surface area contributed by atoms with Crippen LogP contribution in [-0.4, -0.2) is 27.6 Å². The van der Waals surface area contributed by atoms with Crippen LogP contribution >= 0.6 is 0 Å². The van der Waals surface area contributed by atoms with Crippen molar-refractivity contribution in [3.63, 3.8) is 0 Å². The Labute approximate surface area is 190 Å². The molecule has 0 unspecified atom stereocenters. The third-order valence-electron chi connectivity index (χ3n) is 3.42. The van der Waals surface area contributed by atoms with Crippen LogP contribution in [0.4, 0.5) is 0 Å². The third-order valence-corrected chi connectivity index (χ3v) is 3.42. The zero-order chi connectivity index (χ0) is 20.9. The van der Waals surface area contributed by atoms with Gasteiger partial charge in [-0.2, -0.15) is 0 Å². The summed E-state index contributed by atoms with van der Waals surface area (Å²) in [5.41, 5.74) is 2.70. The molecule has 0 saturated carbocycles. The van der Waals surface area contributed by atoms with Gasteiger partial charge in [0.25, 0.3) is 0 Å². The quantitative estimate of drug-likeness (QED) is 0.186. The molecule has 0 atom stereocenters. The van der Waals surface area contributed by atoms with Gasteiger partial charge in [-0.1, -0.05) is 18.2 Å². The van der Waals surface area contributed by atoms with Crippen LogP contribution in [0.2, 0.25) is 0 Å². The fourth-order valence-electron chi connectivity index (χ4n) is 2.26. The Morgan fingerprint density at radius 2 is 1.93 bits per heavy atom. The molecule has 2 aromatic heterocycles. The van der Waals surface area contributed by atoms with E-state index in [4.69, 9.17) is 9.84 Å². The number of ether oxygens (including phenoxy) is 1. The molecule has 0 aliphatic carbocycles. The molecule has 30 heavy (non-hydrogen) atoms. The number of carbonyl (C=O) groups is 1. The zero-order valence-electron chi connectivity index (χ0n) is 16.8. The van der Waals surface area contributed by atoms with Crippen molar-refractivity contribution in [2.75, 3.05) is 6.73 Å². The summed E-state index contributed by atoms with van der Waals surface area (Å²) >= 11 is 0. The number of rotatable bonds is 7. The van der Waals surface area contributed by atoms with Crippen LogP contribution in [0.25, 0.3) is 16.6 Å². The summed E-state index contributed by atoms with van der Waals surface area (Å²) in [5, 5.41) is 12.7. The number of carbonyl (C=O) groups excluding carboxylic acids is 1. The standard InChI is InChI=1S/C18H15N3O.C5H8O2.Ir/c1-2-7-15(8-3-1)17-10-6-11-18(21-17)22-14-19-13-16-9-4-5-12-20-16;1-4(6)3-5(2)7;/h1-7,9-12H,13-14H2;3,6H,1-2H3;/q-2;;/b;4-3-;. The van der Waals surface area contributed by atoms with Crippen LogP contribution in [-0.2, 0) is 31.4 Å². The summed E-state index contributed by atoms with van der Waals surface area (Å²) in [6.45, 7) is 3.64. The number of aromatic nitrogens is 2. The van der Waals surface area contributed by atoms with Crippen molar-refractivity contribution in [1.82, 2.24) is 9.97 Å². The molecule has 0 saturated heterocycles. The molecule has 2 heterocycles. The van der Waals surface area contributed by atoms with Crippen LogP contribution in [0.1, 0.15) is 19.5 Å². The van der Waals surface area contributed by atoms with E-state index in [-0.39, 0.29) is 38.4 Å². The molecule has 159 valence electrons. The maximum absolute atomic E-state index is 10.0. The van der Waals surface area contributed by atoms with Gasteiger partial charge >= 0.3 is 0 Å². The molecule has 0 aliphatic rings. The second-order valence-electron chi connectivity index (χ2n) is 6.01. The minimum Gasteiger partial charge on any atom is -0.624 e. The normalized spacial score (nSPS) is 10.3. The Bertz CT molecular complexity index is 915. The second kappa shape index (κ2) is 14.2. The molecule has 6 nitrogen and oxygen atoms in total. The van der Waals surface area contributed by atoms with Crippen molar-refractivity contribution in [2.45, 2.75) is 20.4 Å². The van der Waals surface area contributed by atoms with Crippen LogP contribution in [0.3, 0.4) is 0 Å². The molecule has 0 aliphatic heterocycles. The number of allylic oxidation sites excluding steroid dienone is 2. The van der Waals surface area contributed by atoms with Gasteiger partial charge in [-0.05, 0) is 37.7 Å². The van der Waals surface area contributed by atoms with Crippen LogP contribution in [0, 0.1) is 6.07 Å². The minimum atomic E-state index is -0.125. The van der Waals surface area contributed by atoms with E-state index in [1.807, 2.05) is 60.7 Å². The summed E-state index contributed by atoms with van der Waals surface area (Å²) in [5.74, 6) is 0.493. The van der Waals surface area contributed by atoms with E-state index < -0.39 is 0 Å². The zero-order valence-corrected chi connectivity index (χ0v) is 19.2. The van der Waals surface area contributed by atoms with Crippen molar-refractivity contribution >= 4 is 5.78 Å². The van der Waals surface area contributed by atoms with Crippen LogP contribution in [0.5, 0.6) is 5.88 Å². The molecule has 3 rings (SSSR count). The summed E-state index contributed by atoms with van der Waals surface area (Å²) in [6, 6.07) is 22.3. The molecule has 1 radical (unpaired) electrons. The van der Waals surface area contributed by atoms with Gasteiger partial charge in [-0.15, -0.1) is 42.4 Å². The van der Waals surface area contributed by atoms with E-state index in [2.05, 4.69) is 21.4 Å². The second-order valence-corrected chi connectivity index (χ2v) is 6.01. The minimum absolute atomic E-state index is 0. The first-order chi connectivity index (χ1) is 14.0. The fraction of sp³-hybridized carbons (Fsp3) is 0.174. The third kappa shape index (κ3) is 10.1. The summed E-state index contributed by atoms with van der Waals surface area (Å²) in [7, 11) is 0. The van der Waals surface area contributed by atoms with E-state index in [9.17, 15) is 4.79 Å². The molecule has 0 bridgehead atoms. The Morgan fingerprint density at radius 1 is 1.13 bits per heavy atom. The Hall–Kier alpha value is -2.86. The summed E-state index contributed by atoms with van der Waals surface area (Å²) in [6.07, 6.45) is 2.92. The average Bonchev–Trinajstić information content (AvgIpc) is 2.72. The SMILES string of the molecule is CC(=O)/C=C(/C)O.[Ir].[c-]1ccccc1-c1cccc(OC[N-]Cc2ccccn2)n1. The molecule has 3 aromatic rings. The predicted molar refractivity (Wildman–Crippen MR) is 112 cm³/mol. The average molecular weight is 582 g/mol. The number of benzene rings is 1. The van der Waals surface area contributed by atoms with Gasteiger partial charge in [0.05, 0.1) is 5.76 Å². The monoisotopic (exact) mass is 582 g/mol. The van der Waals surface area contributed by atoms with E-state index in [0.717, 1.165) is 17.0 Å². The van der Waals surface area contributed by atoms with Gasteiger partial charge in [0.1, 0.15) is 0 Å². The van der Waals surface area contributed by atoms with Gasteiger partial charge in [0.15, 0.2) is 5.78 Å². The van der Waals surface area contributed by atoms with Crippen molar-refractivity contribution in [3.8, 4) is 17.1 Å². The molecule has 0 fully saturated rings. The number of aliphatic hydroxyl groups excluding tert-OH is 1. The molecule has 7 heteroatoms.